The Hall–Kier alpha value is -3.44. The van der Waals surface area contributed by atoms with Gasteiger partial charge in [-0.3, -0.25) is 4.79 Å². The van der Waals surface area contributed by atoms with Crippen molar-refractivity contribution in [3.8, 4) is 0 Å². The largest absolute Gasteiger partial charge is 0.467 e. The molecule has 0 saturated carbocycles. The summed E-state index contributed by atoms with van der Waals surface area (Å²) < 4.78 is 12.1. The molecule has 1 atom stereocenters. The average molecular weight is 418 g/mol. The lowest BCUT2D eigenvalue weighted by Gasteiger charge is -2.10. The minimum absolute atomic E-state index is 0.0175. The fraction of sp³-hybridized carbons (Fsp3) is 0.231. The number of methoxy groups -OCH3 is 1. The number of carbonyl (C=O) groups is 2. The van der Waals surface area contributed by atoms with Gasteiger partial charge in [-0.1, -0.05) is 66.2 Å². The van der Waals surface area contributed by atoms with E-state index in [4.69, 9.17) is 4.74 Å². The fourth-order valence-corrected chi connectivity index (χ4v) is 3.11. The quantitative estimate of drug-likeness (QED) is 0.370. The SMILES string of the molecule is COC(=O)[C@H](C)OCc1ccc(C=CCn2cccc2C(=O)c2ccc(C)cc2)cc1. The summed E-state index contributed by atoms with van der Waals surface area (Å²) in [5.41, 5.74) is 4.51. The van der Waals surface area contributed by atoms with Gasteiger partial charge in [0.05, 0.1) is 19.4 Å². The summed E-state index contributed by atoms with van der Waals surface area (Å²) in [6.07, 6.45) is 5.36. The summed E-state index contributed by atoms with van der Waals surface area (Å²) >= 11 is 0. The summed E-state index contributed by atoms with van der Waals surface area (Å²) in [5, 5.41) is 0. The van der Waals surface area contributed by atoms with Crippen LogP contribution in [0.5, 0.6) is 0 Å². The molecule has 0 saturated heterocycles. The fourth-order valence-electron chi connectivity index (χ4n) is 3.11. The molecule has 1 aromatic heterocycles. The topological polar surface area (TPSA) is 57.5 Å². The van der Waals surface area contributed by atoms with Gasteiger partial charge in [-0.25, -0.2) is 4.79 Å². The van der Waals surface area contributed by atoms with Crippen LogP contribution in [-0.4, -0.2) is 29.5 Å². The van der Waals surface area contributed by atoms with Crippen LogP contribution in [0.1, 0.15) is 39.7 Å². The molecule has 0 unspecified atom stereocenters. The van der Waals surface area contributed by atoms with Gasteiger partial charge in [0, 0.05) is 18.3 Å². The van der Waals surface area contributed by atoms with Gasteiger partial charge in [-0.2, -0.15) is 0 Å². The molecule has 2 aromatic carbocycles. The van der Waals surface area contributed by atoms with E-state index in [0.29, 0.717) is 24.4 Å². The summed E-state index contributed by atoms with van der Waals surface area (Å²) in [6, 6.07) is 19.3. The van der Waals surface area contributed by atoms with Gasteiger partial charge < -0.3 is 14.0 Å². The molecule has 3 aromatic rings. The maximum Gasteiger partial charge on any atom is 0.334 e. The molecule has 5 heteroatoms. The number of aryl methyl sites for hydroxylation is 1. The monoisotopic (exact) mass is 417 g/mol. The number of ether oxygens (including phenoxy) is 2. The van der Waals surface area contributed by atoms with Gasteiger partial charge in [0.1, 0.15) is 0 Å². The molecule has 0 amide bonds. The Morgan fingerprint density at radius 2 is 1.74 bits per heavy atom. The van der Waals surface area contributed by atoms with E-state index in [0.717, 1.165) is 16.7 Å². The van der Waals surface area contributed by atoms with Crippen molar-refractivity contribution in [3.05, 3.63) is 101 Å². The van der Waals surface area contributed by atoms with Crippen LogP contribution in [0.3, 0.4) is 0 Å². The van der Waals surface area contributed by atoms with Gasteiger partial charge in [0.15, 0.2) is 6.10 Å². The van der Waals surface area contributed by atoms with Gasteiger partial charge >= 0.3 is 5.97 Å². The van der Waals surface area contributed by atoms with Crippen LogP contribution < -0.4 is 0 Å². The molecule has 5 nitrogen and oxygen atoms in total. The zero-order chi connectivity index (χ0) is 22.2. The van der Waals surface area contributed by atoms with Crippen LogP contribution in [0, 0.1) is 6.92 Å². The highest BCUT2D eigenvalue weighted by atomic mass is 16.6. The third-order valence-corrected chi connectivity index (χ3v) is 5.00. The normalized spacial score (nSPS) is 12.1. The summed E-state index contributed by atoms with van der Waals surface area (Å²) in [4.78, 5) is 24.2. The lowest BCUT2D eigenvalue weighted by Crippen LogP contribution is -2.21. The molecule has 1 heterocycles. The van der Waals surface area contributed by atoms with Crippen LogP contribution in [-0.2, 0) is 27.4 Å². The van der Waals surface area contributed by atoms with E-state index in [1.165, 1.54) is 7.11 Å². The number of benzene rings is 2. The van der Waals surface area contributed by atoms with E-state index in [1.807, 2.05) is 90.5 Å². The van der Waals surface area contributed by atoms with E-state index in [2.05, 4.69) is 4.74 Å². The Bertz CT molecular complexity index is 1050. The molecule has 31 heavy (non-hydrogen) atoms. The highest BCUT2D eigenvalue weighted by Gasteiger charge is 2.13. The zero-order valence-electron chi connectivity index (χ0n) is 18.1. The lowest BCUT2D eigenvalue weighted by atomic mass is 10.1. The Morgan fingerprint density at radius 1 is 1.03 bits per heavy atom. The highest BCUT2D eigenvalue weighted by Crippen LogP contribution is 2.13. The Kier molecular flexibility index (Phi) is 7.57. The lowest BCUT2D eigenvalue weighted by molar-refractivity contribution is -0.153. The van der Waals surface area contributed by atoms with E-state index >= 15 is 0 Å². The second-order valence-electron chi connectivity index (χ2n) is 7.36. The molecule has 0 aliphatic rings. The van der Waals surface area contributed by atoms with Gasteiger partial charge in [-0.05, 0) is 37.1 Å². The van der Waals surface area contributed by atoms with E-state index in [-0.39, 0.29) is 11.8 Å². The summed E-state index contributed by atoms with van der Waals surface area (Å²) in [7, 11) is 1.35. The molecule has 0 bridgehead atoms. The number of allylic oxidation sites excluding steroid dienone is 1. The van der Waals surface area contributed by atoms with E-state index < -0.39 is 6.10 Å². The van der Waals surface area contributed by atoms with Crippen molar-refractivity contribution in [2.24, 2.45) is 0 Å². The van der Waals surface area contributed by atoms with Crippen LogP contribution in [0.4, 0.5) is 0 Å². The van der Waals surface area contributed by atoms with Crippen molar-refractivity contribution in [1.82, 2.24) is 4.57 Å². The zero-order valence-corrected chi connectivity index (χ0v) is 18.1. The number of hydrogen-bond acceptors (Lipinski definition) is 4. The minimum atomic E-state index is -0.594. The summed E-state index contributed by atoms with van der Waals surface area (Å²) in [6.45, 7) is 4.61. The number of esters is 1. The number of carbonyl (C=O) groups excluding carboxylic acids is 2. The van der Waals surface area contributed by atoms with Crippen molar-refractivity contribution in [2.75, 3.05) is 7.11 Å². The van der Waals surface area contributed by atoms with Gasteiger partial charge in [0.25, 0.3) is 0 Å². The molecule has 0 N–H and O–H groups in total. The predicted molar refractivity (Wildman–Crippen MR) is 121 cm³/mol. The first-order valence-corrected chi connectivity index (χ1v) is 10.2. The molecule has 3 rings (SSSR count). The van der Waals surface area contributed by atoms with Crippen LogP contribution in [0.25, 0.3) is 6.08 Å². The second kappa shape index (κ2) is 10.5. The van der Waals surface area contributed by atoms with E-state index in [9.17, 15) is 9.59 Å². The van der Waals surface area contributed by atoms with Crippen LogP contribution >= 0.6 is 0 Å². The maximum atomic E-state index is 12.8. The van der Waals surface area contributed by atoms with Crippen molar-refractivity contribution in [1.29, 1.82) is 0 Å². The van der Waals surface area contributed by atoms with Gasteiger partial charge in [-0.15, -0.1) is 0 Å². The Labute approximate surface area is 182 Å². The Balaban J connectivity index is 1.58. The van der Waals surface area contributed by atoms with Crippen molar-refractivity contribution >= 4 is 17.8 Å². The highest BCUT2D eigenvalue weighted by molar-refractivity contribution is 6.08. The number of aromatic nitrogens is 1. The van der Waals surface area contributed by atoms with Crippen LogP contribution in [0.2, 0.25) is 0 Å². The summed E-state index contributed by atoms with van der Waals surface area (Å²) in [5.74, 6) is -0.367. The number of rotatable bonds is 9. The molecule has 0 fully saturated rings. The standard InChI is InChI=1S/C26H27NO4/c1-19-8-14-23(15-9-19)25(28)24-7-5-17-27(24)16-4-6-21-10-12-22(13-11-21)18-31-20(2)26(29)30-3/h4-15,17,20H,16,18H2,1-3H3/t20-/m0/s1. The maximum absolute atomic E-state index is 12.8. The first kappa shape index (κ1) is 22.2. The first-order chi connectivity index (χ1) is 15.0. The smallest absolute Gasteiger partial charge is 0.334 e. The van der Waals surface area contributed by atoms with Crippen molar-refractivity contribution < 1.29 is 19.1 Å². The number of ketones is 1. The molecular formula is C26H27NO4. The Morgan fingerprint density at radius 3 is 2.42 bits per heavy atom. The molecule has 160 valence electrons. The van der Waals surface area contributed by atoms with Crippen molar-refractivity contribution in [2.45, 2.75) is 33.1 Å². The number of hydrogen-bond donors (Lipinski definition) is 0. The minimum Gasteiger partial charge on any atom is -0.467 e. The third kappa shape index (κ3) is 6.03. The molecule has 0 aliphatic carbocycles. The predicted octanol–water partition coefficient (Wildman–Crippen LogP) is 4.82. The molecular weight excluding hydrogens is 390 g/mol. The second-order valence-corrected chi connectivity index (χ2v) is 7.36. The number of nitrogens with zero attached hydrogens (tertiary/aromatic N) is 1. The third-order valence-electron chi connectivity index (χ3n) is 5.00. The van der Waals surface area contributed by atoms with Crippen LogP contribution in [0.15, 0.2) is 72.9 Å². The molecule has 0 spiro atoms. The van der Waals surface area contributed by atoms with Gasteiger partial charge in [0.2, 0.25) is 5.78 Å². The first-order valence-electron chi connectivity index (χ1n) is 10.2. The molecule has 0 aliphatic heterocycles. The molecule has 0 radical (unpaired) electrons. The average Bonchev–Trinajstić information content (AvgIpc) is 3.26. The van der Waals surface area contributed by atoms with E-state index in [1.54, 1.807) is 6.92 Å². The van der Waals surface area contributed by atoms with Crippen molar-refractivity contribution in [3.63, 3.8) is 0 Å².